The third-order valence-electron chi connectivity index (χ3n) is 1.22. The smallest absolute Gasteiger partial charge is 0.151 e. The van der Waals surface area contributed by atoms with Crippen LogP contribution >= 0.6 is 15.9 Å². The summed E-state index contributed by atoms with van der Waals surface area (Å²) in [6.45, 7) is 0. The summed E-state index contributed by atoms with van der Waals surface area (Å²) in [5, 5.41) is 2.71. The highest BCUT2D eigenvalue weighted by molar-refractivity contribution is 9.10. The van der Waals surface area contributed by atoms with Gasteiger partial charge in [-0.3, -0.25) is 4.79 Å². The Balaban J connectivity index is 3.18. The molecule has 0 fully saturated rings. The van der Waals surface area contributed by atoms with Gasteiger partial charge in [0.25, 0.3) is 0 Å². The lowest BCUT2D eigenvalue weighted by Gasteiger charge is -1.94. The van der Waals surface area contributed by atoms with E-state index in [1.165, 1.54) is 18.2 Å². The lowest BCUT2D eigenvalue weighted by Crippen LogP contribution is -1.79. The van der Waals surface area contributed by atoms with E-state index in [1.54, 1.807) is 0 Å². The van der Waals surface area contributed by atoms with Crippen LogP contribution in [0.2, 0.25) is 0 Å². The molecule has 0 aromatic heterocycles. The van der Waals surface area contributed by atoms with Gasteiger partial charge in [0.15, 0.2) is 6.29 Å². The summed E-state index contributed by atoms with van der Waals surface area (Å²) in [7, 11) is 0. The molecule has 0 atom stereocenters. The summed E-state index contributed by atoms with van der Waals surface area (Å²) in [6, 6.07) is 4.52. The van der Waals surface area contributed by atoms with E-state index >= 15 is 0 Å². The standard InChI is InChI=1S/C7H4BrNO2/c8-7-3-6(9-11)2-1-5(7)4-10/h1-4H. The van der Waals surface area contributed by atoms with Gasteiger partial charge >= 0.3 is 0 Å². The summed E-state index contributed by atoms with van der Waals surface area (Å²) >= 11 is 3.12. The SMILES string of the molecule is O=Cc1ccc(N=O)cc1Br. The minimum absolute atomic E-state index is 0.308. The first-order valence-electron chi connectivity index (χ1n) is 2.86. The molecule has 0 aliphatic heterocycles. The Labute approximate surface area is 71.5 Å². The van der Waals surface area contributed by atoms with Crippen molar-refractivity contribution in [3.05, 3.63) is 33.1 Å². The fourth-order valence-corrected chi connectivity index (χ4v) is 1.13. The lowest BCUT2D eigenvalue weighted by molar-refractivity contribution is 0.112. The average molecular weight is 214 g/mol. The summed E-state index contributed by atoms with van der Waals surface area (Å²) in [4.78, 5) is 20.3. The van der Waals surface area contributed by atoms with Crippen LogP contribution in [0.15, 0.2) is 27.8 Å². The van der Waals surface area contributed by atoms with Gasteiger partial charge < -0.3 is 0 Å². The molecule has 0 unspecified atom stereocenters. The number of aldehydes is 1. The van der Waals surface area contributed by atoms with E-state index in [4.69, 9.17) is 0 Å². The zero-order chi connectivity index (χ0) is 8.27. The van der Waals surface area contributed by atoms with Crippen molar-refractivity contribution < 1.29 is 4.79 Å². The molecule has 56 valence electrons. The molecule has 0 heterocycles. The Hall–Kier alpha value is -1.03. The maximum Gasteiger partial charge on any atom is 0.151 e. The van der Waals surface area contributed by atoms with E-state index in [2.05, 4.69) is 21.1 Å². The van der Waals surface area contributed by atoms with E-state index in [1.807, 2.05) is 0 Å². The van der Waals surface area contributed by atoms with Crippen molar-refractivity contribution in [2.45, 2.75) is 0 Å². The molecule has 11 heavy (non-hydrogen) atoms. The Morgan fingerprint density at radius 3 is 2.64 bits per heavy atom. The third-order valence-corrected chi connectivity index (χ3v) is 1.90. The number of nitrogens with zero attached hydrogens (tertiary/aromatic N) is 1. The van der Waals surface area contributed by atoms with E-state index in [9.17, 15) is 9.70 Å². The van der Waals surface area contributed by atoms with Crippen molar-refractivity contribution in [1.29, 1.82) is 0 Å². The highest BCUT2D eigenvalue weighted by atomic mass is 79.9. The summed E-state index contributed by atoms with van der Waals surface area (Å²) < 4.78 is 0.588. The molecule has 1 aromatic carbocycles. The molecule has 4 heteroatoms. The van der Waals surface area contributed by atoms with Crippen LogP contribution in [0.1, 0.15) is 10.4 Å². The van der Waals surface area contributed by atoms with Crippen molar-refractivity contribution >= 4 is 27.9 Å². The zero-order valence-electron chi connectivity index (χ0n) is 5.45. The molecule has 3 nitrogen and oxygen atoms in total. The summed E-state index contributed by atoms with van der Waals surface area (Å²) in [5.41, 5.74) is 0.819. The molecule has 0 saturated carbocycles. The van der Waals surface area contributed by atoms with Crippen LogP contribution in [-0.2, 0) is 0 Å². The largest absolute Gasteiger partial charge is 0.298 e. The fourth-order valence-electron chi connectivity index (χ4n) is 0.668. The fraction of sp³-hybridized carbons (Fsp3) is 0. The molecule has 0 aliphatic carbocycles. The molecular weight excluding hydrogens is 210 g/mol. The maximum absolute atomic E-state index is 10.3. The van der Waals surface area contributed by atoms with E-state index in [0.29, 0.717) is 22.0 Å². The molecule has 0 aliphatic rings. The molecule has 0 radical (unpaired) electrons. The number of rotatable bonds is 2. The second-order valence-electron chi connectivity index (χ2n) is 1.91. The van der Waals surface area contributed by atoms with E-state index in [0.717, 1.165) is 0 Å². The number of hydrogen-bond donors (Lipinski definition) is 0. The van der Waals surface area contributed by atoms with Crippen molar-refractivity contribution in [2.24, 2.45) is 5.18 Å². The van der Waals surface area contributed by atoms with Crippen LogP contribution in [0.5, 0.6) is 0 Å². The summed E-state index contributed by atoms with van der Waals surface area (Å²) in [6.07, 6.45) is 0.707. The van der Waals surface area contributed by atoms with Crippen molar-refractivity contribution in [3.8, 4) is 0 Å². The quantitative estimate of drug-likeness (QED) is 0.561. The highest BCUT2D eigenvalue weighted by Gasteiger charge is 1.98. The van der Waals surface area contributed by atoms with Crippen molar-refractivity contribution in [1.82, 2.24) is 0 Å². The van der Waals surface area contributed by atoms with Crippen LogP contribution in [0.25, 0.3) is 0 Å². The van der Waals surface area contributed by atoms with Gasteiger partial charge in [-0.25, -0.2) is 0 Å². The first kappa shape index (κ1) is 8.07. The Kier molecular flexibility index (Phi) is 2.48. The Morgan fingerprint density at radius 1 is 1.45 bits per heavy atom. The van der Waals surface area contributed by atoms with Gasteiger partial charge in [-0.05, 0) is 39.3 Å². The normalized spacial score (nSPS) is 9.18. The number of carbonyl (C=O) groups excluding carboxylic acids is 1. The monoisotopic (exact) mass is 213 g/mol. The van der Waals surface area contributed by atoms with Crippen LogP contribution in [0.4, 0.5) is 5.69 Å². The highest BCUT2D eigenvalue weighted by Crippen LogP contribution is 2.21. The van der Waals surface area contributed by atoms with Gasteiger partial charge in [0.1, 0.15) is 5.69 Å². The number of hydrogen-bond acceptors (Lipinski definition) is 3. The Bertz CT molecular complexity index is 298. The molecule has 0 amide bonds. The van der Waals surface area contributed by atoms with Gasteiger partial charge in [-0.15, -0.1) is 4.91 Å². The molecule has 0 N–H and O–H groups in total. The van der Waals surface area contributed by atoms with Gasteiger partial charge in [0.2, 0.25) is 0 Å². The van der Waals surface area contributed by atoms with Crippen LogP contribution in [0.3, 0.4) is 0 Å². The van der Waals surface area contributed by atoms with E-state index < -0.39 is 0 Å². The van der Waals surface area contributed by atoms with Crippen LogP contribution < -0.4 is 0 Å². The summed E-state index contributed by atoms with van der Waals surface area (Å²) in [5.74, 6) is 0. The van der Waals surface area contributed by atoms with Crippen molar-refractivity contribution in [3.63, 3.8) is 0 Å². The second kappa shape index (κ2) is 3.39. The number of benzene rings is 1. The first-order valence-corrected chi connectivity index (χ1v) is 3.65. The molecule has 0 spiro atoms. The predicted molar refractivity (Wildman–Crippen MR) is 45.0 cm³/mol. The molecular formula is C7H4BrNO2. The Morgan fingerprint density at radius 2 is 2.18 bits per heavy atom. The second-order valence-corrected chi connectivity index (χ2v) is 2.77. The third kappa shape index (κ3) is 1.71. The average Bonchev–Trinajstić information content (AvgIpc) is 2.04. The zero-order valence-corrected chi connectivity index (χ0v) is 7.04. The molecule has 1 aromatic rings. The number of nitroso groups, excluding NO2 is 1. The predicted octanol–water partition coefficient (Wildman–Crippen LogP) is 2.66. The molecule has 1 rings (SSSR count). The maximum atomic E-state index is 10.3. The van der Waals surface area contributed by atoms with Crippen LogP contribution in [0, 0.1) is 4.91 Å². The number of halogens is 1. The number of carbonyl (C=O) groups is 1. The van der Waals surface area contributed by atoms with Crippen LogP contribution in [-0.4, -0.2) is 6.29 Å². The van der Waals surface area contributed by atoms with Gasteiger partial charge in [0.05, 0.1) is 0 Å². The molecule has 0 bridgehead atoms. The lowest BCUT2D eigenvalue weighted by atomic mass is 10.2. The van der Waals surface area contributed by atoms with Gasteiger partial charge in [-0.1, -0.05) is 0 Å². The molecule has 0 saturated heterocycles. The first-order chi connectivity index (χ1) is 5.27. The topological polar surface area (TPSA) is 46.5 Å². The van der Waals surface area contributed by atoms with E-state index in [-0.39, 0.29) is 0 Å². The van der Waals surface area contributed by atoms with Gasteiger partial charge in [0, 0.05) is 10.0 Å². The minimum Gasteiger partial charge on any atom is -0.298 e. The van der Waals surface area contributed by atoms with Crippen molar-refractivity contribution in [2.75, 3.05) is 0 Å². The van der Waals surface area contributed by atoms with Gasteiger partial charge in [-0.2, -0.15) is 0 Å². The minimum atomic E-state index is 0.308.